The molecule has 0 bridgehead atoms. The number of nitrogens with zero attached hydrogens (tertiary/aromatic N) is 1. The van der Waals surface area contributed by atoms with Crippen LogP contribution in [0, 0.1) is 11.3 Å². The second kappa shape index (κ2) is 7.46. The molecule has 1 aliphatic carbocycles. The summed E-state index contributed by atoms with van der Waals surface area (Å²) in [4.78, 5) is 8.63. The molecule has 0 aromatic carbocycles. The maximum Gasteiger partial charge on any atom is 0.0921 e. The van der Waals surface area contributed by atoms with Gasteiger partial charge in [0.25, 0.3) is 0 Å². The van der Waals surface area contributed by atoms with E-state index in [1.807, 2.05) is 0 Å². The molecule has 3 nitrogen and oxygen atoms in total. The molecule has 26 heavy (non-hydrogen) atoms. The van der Waals surface area contributed by atoms with Crippen LogP contribution in [0.3, 0.4) is 0 Å². The molecule has 1 aliphatic rings. The van der Waals surface area contributed by atoms with Gasteiger partial charge in [-0.15, -0.1) is 0 Å². The van der Waals surface area contributed by atoms with E-state index in [1.165, 1.54) is 48.9 Å². The van der Waals surface area contributed by atoms with Crippen molar-refractivity contribution in [3.8, 4) is 0 Å². The second-order valence-electron chi connectivity index (χ2n) is 9.11. The Bertz CT molecular complexity index is 792. The predicted molar refractivity (Wildman–Crippen MR) is 112 cm³/mol. The fourth-order valence-corrected chi connectivity index (χ4v) is 4.30. The molecule has 3 heteroatoms. The fraction of sp³-hybridized carbons (Fsp3) is 0.609. The highest BCUT2D eigenvalue weighted by Crippen LogP contribution is 2.38. The standard InChI is InChI=1S/C23H35N3/c1-6-7-8-9-10-18-21(15(2)24)26-20-14-16-13-17(23(3,4)5)11-12-19(16)25-22(18)20/h14,17,26H,2,6-13,24H2,1,3-5H3. The molecule has 0 amide bonds. The number of hydrogen-bond donors (Lipinski definition) is 2. The van der Waals surface area contributed by atoms with Gasteiger partial charge >= 0.3 is 0 Å². The average Bonchev–Trinajstić information content (AvgIpc) is 2.93. The van der Waals surface area contributed by atoms with Crippen LogP contribution >= 0.6 is 0 Å². The van der Waals surface area contributed by atoms with E-state index in [9.17, 15) is 0 Å². The van der Waals surface area contributed by atoms with E-state index in [0.29, 0.717) is 11.1 Å². The molecule has 1 atom stereocenters. The molecule has 0 fully saturated rings. The number of H-pyrrole nitrogens is 1. The molecule has 0 radical (unpaired) electrons. The number of unbranched alkanes of at least 4 members (excludes halogenated alkanes) is 3. The summed E-state index contributed by atoms with van der Waals surface area (Å²) in [7, 11) is 0. The number of aromatic nitrogens is 2. The smallest absolute Gasteiger partial charge is 0.0921 e. The Labute approximate surface area is 158 Å². The van der Waals surface area contributed by atoms with Crippen molar-refractivity contribution in [2.24, 2.45) is 17.1 Å². The molecule has 1 unspecified atom stereocenters. The quantitative estimate of drug-likeness (QED) is 0.648. The van der Waals surface area contributed by atoms with Crippen molar-refractivity contribution >= 4 is 16.7 Å². The van der Waals surface area contributed by atoms with Gasteiger partial charge in [0.1, 0.15) is 0 Å². The molecule has 0 aliphatic heterocycles. The van der Waals surface area contributed by atoms with E-state index in [-0.39, 0.29) is 0 Å². The van der Waals surface area contributed by atoms with Crippen molar-refractivity contribution in [2.75, 3.05) is 0 Å². The summed E-state index contributed by atoms with van der Waals surface area (Å²) in [6.45, 7) is 13.3. The number of rotatable bonds is 6. The highest BCUT2D eigenvalue weighted by atomic mass is 14.8. The van der Waals surface area contributed by atoms with Crippen LogP contribution in [0.25, 0.3) is 16.7 Å². The second-order valence-corrected chi connectivity index (χ2v) is 9.11. The van der Waals surface area contributed by atoms with Crippen molar-refractivity contribution in [1.29, 1.82) is 0 Å². The highest BCUT2D eigenvalue weighted by molar-refractivity contribution is 5.86. The Morgan fingerprint density at radius 2 is 2.08 bits per heavy atom. The summed E-state index contributed by atoms with van der Waals surface area (Å²) in [5.74, 6) is 0.724. The number of nitrogens with one attached hydrogen (secondary N) is 1. The van der Waals surface area contributed by atoms with E-state index >= 15 is 0 Å². The molecule has 3 rings (SSSR count). The van der Waals surface area contributed by atoms with E-state index in [0.717, 1.165) is 41.9 Å². The summed E-state index contributed by atoms with van der Waals surface area (Å²) < 4.78 is 0. The van der Waals surface area contributed by atoms with Crippen LogP contribution < -0.4 is 5.73 Å². The zero-order valence-corrected chi connectivity index (χ0v) is 17.0. The van der Waals surface area contributed by atoms with Crippen LogP contribution in [0.5, 0.6) is 0 Å². The third-order valence-corrected chi connectivity index (χ3v) is 6.06. The lowest BCUT2D eigenvalue weighted by Gasteiger charge is -2.34. The predicted octanol–water partition coefficient (Wildman–Crippen LogP) is 5.77. The third kappa shape index (κ3) is 3.82. The van der Waals surface area contributed by atoms with E-state index in [4.69, 9.17) is 10.7 Å². The molecule has 0 saturated carbocycles. The van der Waals surface area contributed by atoms with Crippen LogP contribution in [0.1, 0.15) is 82.3 Å². The number of fused-ring (bicyclic) bond motifs is 2. The van der Waals surface area contributed by atoms with E-state index in [1.54, 1.807) is 0 Å². The van der Waals surface area contributed by atoms with Crippen LogP contribution in [0.2, 0.25) is 0 Å². The number of hydrogen-bond acceptors (Lipinski definition) is 2. The summed E-state index contributed by atoms with van der Waals surface area (Å²) in [5.41, 5.74) is 14.3. The Morgan fingerprint density at radius 1 is 1.31 bits per heavy atom. The largest absolute Gasteiger partial charge is 0.398 e. The Balaban J connectivity index is 1.95. The zero-order valence-electron chi connectivity index (χ0n) is 17.0. The van der Waals surface area contributed by atoms with Crippen LogP contribution in [-0.4, -0.2) is 9.97 Å². The first kappa shape index (κ1) is 19.0. The molecule has 3 N–H and O–H groups in total. The zero-order chi connectivity index (χ0) is 18.9. The van der Waals surface area contributed by atoms with Gasteiger partial charge in [-0.25, -0.2) is 0 Å². The topological polar surface area (TPSA) is 54.7 Å². The van der Waals surface area contributed by atoms with E-state index in [2.05, 4.69) is 45.3 Å². The molecular formula is C23H35N3. The van der Waals surface area contributed by atoms with Crippen LogP contribution in [0.4, 0.5) is 0 Å². The number of aromatic amines is 1. The lowest BCUT2D eigenvalue weighted by molar-refractivity contribution is 0.215. The van der Waals surface area contributed by atoms with Gasteiger partial charge in [-0.2, -0.15) is 0 Å². The summed E-state index contributed by atoms with van der Waals surface area (Å²) in [5, 5.41) is 0. The molecule has 0 spiro atoms. The number of aryl methyl sites for hydroxylation is 2. The van der Waals surface area contributed by atoms with Gasteiger partial charge in [0.15, 0.2) is 0 Å². The maximum atomic E-state index is 6.09. The monoisotopic (exact) mass is 353 g/mol. The Morgan fingerprint density at radius 3 is 2.73 bits per heavy atom. The number of nitrogens with two attached hydrogens (primary N) is 1. The van der Waals surface area contributed by atoms with Gasteiger partial charge in [-0.3, -0.25) is 4.98 Å². The van der Waals surface area contributed by atoms with Crippen molar-refractivity contribution in [3.63, 3.8) is 0 Å². The third-order valence-electron chi connectivity index (χ3n) is 6.06. The molecule has 2 aromatic rings. The molecule has 2 aromatic heterocycles. The summed E-state index contributed by atoms with van der Waals surface area (Å²) >= 11 is 0. The minimum atomic E-state index is 0.351. The highest BCUT2D eigenvalue weighted by Gasteiger charge is 2.30. The van der Waals surface area contributed by atoms with Crippen molar-refractivity contribution < 1.29 is 0 Å². The Hall–Kier alpha value is -1.77. The first-order chi connectivity index (χ1) is 12.3. The van der Waals surface area contributed by atoms with Gasteiger partial charge in [-0.1, -0.05) is 53.5 Å². The first-order valence-electron chi connectivity index (χ1n) is 10.3. The van der Waals surface area contributed by atoms with Crippen molar-refractivity contribution in [3.05, 3.63) is 35.2 Å². The maximum absolute atomic E-state index is 6.09. The van der Waals surface area contributed by atoms with E-state index < -0.39 is 0 Å². The van der Waals surface area contributed by atoms with Crippen molar-refractivity contribution in [2.45, 2.75) is 79.1 Å². The van der Waals surface area contributed by atoms with Crippen LogP contribution in [0.15, 0.2) is 12.6 Å². The molecule has 2 heterocycles. The minimum Gasteiger partial charge on any atom is -0.398 e. The lowest BCUT2D eigenvalue weighted by Crippen LogP contribution is -2.27. The molecule has 142 valence electrons. The van der Waals surface area contributed by atoms with Gasteiger partial charge in [0.05, 0.1) is 16.7 Å². The Kier molecular flexibility index (Phi) is 5.45. The fourth-order valence-electron chi connectivity index (χ4n) is 4.30. The van der Waals surface area contributed by atoms with Gasteiger partial charge in [-0.05, 0) is 55.1 Å². The minimum absolute atomic E-state index is 0.351. The first-order valence-corrected chi connectivity index (χ1v) is 10.3. The number of pyridine rings is 1. The van der Waals surface area contributed by atoms with Crippen LogP contribution in [-0.2, 0) is 19.3 Å². The summed E-state index contributed by atoms with van der Waals surface area (Å²) in [6, 6.07) is 2.33. The average molecular weight is 354 g/mol. The summed E-state index contributed by atoms with van der Waals surface area (Å²) in [6.07, 6.45) is 9.48. The van der Waals surface area contributed by atoms with Gasteiger partial charge < -0.3 is 10.7 Å². The normalized spacial score (nSPS) is 17.5. The van der Waals surface area contributed by atoms with Gasteiger partial charge in [0.2, 0.25) is 0 Å². The molecular weight excluding hydrogens is 318 g/mol. The SMILES string of the molecule is C=C(N)c1[nH]c2cc3c(nc2c1CCCCCC)CCC(C(C)(C)C)C3. The lowest BCUT2D eigenvalue weighted by atomic mass is 9.71. The van der Waals surface area contributed by atoms with Crippen molar-refractivity contribution in [1.82, 2.24) is 9.97 Å². The van der Waals surface area contributed by atoms with Gasteiger partial charge in [0, 0.05) is 17.0 Å². The molecule has 0 saturated heterocycles.